The normalized spacial score (nSPS) is 12.1. The number of benzene rings is 1. The summed E-state index contributed by atoms with van der Waals surface area (Å²) < 4.78 is 4.89. The molecule has 21 heavy (non-hydrogen) atoms. The Bertz CT molecular complexity index is 378. The first-order valence-corrected chi connectivity index (χ1v) is 8.15. The Hall–Kier alpha value is -1.35. The summed E-state index contributed by atoms with van der Waals surface area (Å²) in [6.07, 6.45) is 8.92. The molecule has 0 fully saturated rings. The first kappa shape index (κ1) is 17.7. The van der Waals surface area contributed by atoms with Crippen LogP contribution in [-0.2, 0) is 9.53 Å². The molecule has 1 unspecified atom stereocenters. The average Bonchev–Trinajstić information content (AvgIpc) is 2.53. The molecule has 1 aromatic rings. The highest BCUT2D eigenvalue weighted by molar-refractivity contribution is 5.77. The number of esters is 1. The fraction of sp³-hybridized carbons (Fsp3) is 0.611. The Morgan fingerprint density at radius 1 is 1.05 bits per heavy atom. The third-order valence-corrected chi connectivity index (χ3v) is 3.70. The van der Waals surface area contributed by atoms with Crippen LogP contribution in [0.4, 0.5) is 0 Å². The molecule has 0 bridgehead atoms. The maximum Gasteiger partial charge on any atom is 0.327 e. The molecule has 1 N–H and O–H groups in total. The second kappa shape index (κ2) is 11.3. The standard InChI is InChI=1S/C18H29NO2/c1-3-4-5-6-7-8-12-15-19-17(18(20)21-2)16-13-10-9-11-14-16/h9-11,13-14,17,19H,3-8,12,15H2,1-2H3. The lowest BCUT2D eigenvalue weighted by Crippen LogP contribution is -2.30. The fourth-order valence-corrected chi connectivity index (χ4v) is 2.43. The van der Waals surface area contributed by atoms with Gasteiger partial charge in [-0.05, 0) is 18.5 Å². The predicted octanol–water partition coefficient (Wildman–Crippen LogP) is 4.24. The second-order valence-corrected chi connectivity index (χ2v) is 5.44. The molecule has 0 heterocycles. The van der Waals surface area contributed by atoms with Gasteiger partial charge in [-0.25, -0.2) is 4.79 Å². The number of unbranched alkanes of at least 4 members (excludes halogenated alkanes) is 6. The van der Waals surface area contributed by atoms with Crippen molar-refractivity contribution in [2.24, 2.45) is 0 Å². The van der Waals surface area contributed by atoms with E-state index in [1.165, 1.54) is 45.6 Å². The number of methoxy groups -OCH3 is 1. The summed E-state index contributed by atoms with van der Waals surface area (Å²) in [5.41, 5.74) is 0.965. The van der Waals surface area contributed by atoms with Crippen molar-refractivity contribution in [1.82, 2.24) is 5.32 Å². The van der Waals surface area contributed by atoms with Crippen molar-refractivity contribution in [3.8, 4) is 0 Å². The Balaban J connectivity index is 2.27. The zero-order valence-electron chi connectivity index (χ0n) is 13.4. The van der Waals surface area contributed by atoms with Gasteiger partial charge in [0.15, 0.2) is 0 Å². The molecule has 3 nitrogen and oxygen atoms in total. The van der Waals surface area contributed by atoms with Crippen molar-refractivity contribution in [3.63, 3.8) is 0 Å². The molecule has 1 aromatic carbocycles. The highest BCUT2D eigenvalue weighted by Gasteiger charge is 2.19. The van der Waals surface area contributed by atoms with Crippen LogP contribution < -0.4 is 5.32 Å². The van der Waals surface area contributed by atoms with Gasteiger partial charge in [0.1, 0.15) is 6.04 Å². The zero-order valence-corrected chi connectivity index (χ0v) is 13.4. The largest absolute Gasteiger partial charge is 0.468 e. The van der Waals surface area contributed by atoms with Gasteiger partial charge in [0.25, 0.3) is 0 Å². The number of rotatable bonds is 11. The van der Waals surface area contributed by atoms with E-state index >= 15 is 0 Å². The van der Waals surface area contributed by atoms with Crippen LogP contribution in [0.1, 0.15) is 63.5 Å². The number of hydrogen-bond donors (Lipinski definition) is 1. The number of carbonyl (C=O) groups excluding carboxylic acids is 1. The number of ether oxygens (including phenoxy) is 1. The van der Waals surface area contributed by atoms with Gasteiger partial charge in [-0.1, -0.05) is 75.8 Å². The Morgan fingerprint density at radius 2 is 1.67 bits per heavy atom. The van der Waals surface area contributed by atoms with Gasteiger partial charge in [-0.2, -0.15) is 0 Å². The van der Waals surface area contributed by atoms with E-state index in [-0.39, 0.29) is 12.0 Å². The van der Waals surface area contributed by atoms with Crippen molar-refractivity contribution in [1.29, 1.82) is 0 Å². The zero-order chi connectivity index (χ0) is 15.3. The van der Waals surface area contributed by atoms with Crippen LogP contribution in [0.25, 0.3) is 0 Å². The van der Waals surface area contributed by atoms with Crippen LogP contribution in [0.15, 0.2) is 30.3 Å². The van der Waals surface area contributed by atoms with E-state index in [1.807, 2.05) is 30.3 Å². The highest BCUT2D eigenvalue weighted by atomic mass is 16.5. The summed E-state index contributed by atoms with van der Waals surface area (Å²) in [6.45, 7) is 3.09. The Labute approximate surface area is 129 Å². The van der Waals surface area contributed by atoms with Gasteiger partial charge in [-0.3, -0.25) is 0 Å². The van der Waals surface area contributed by atoms with E-state index < -0.39 is 0 Å². The molecule has 3 heteroatoms. The highest BCUT2D eigenvalue weighted by Crippen LogP contribution is 2.14. The van der Waals surface area contributed by atoms with E-state index in [0.717, 1.165) is 18.5 Å². The monoisotopic (exact) mass is 291 g/mol. The molecule has 0 saturated carbocycles. The van der Waals surface area contributed by atoms with Crippen molar-refractivity contribution in [2.75, 3.05) is 13.7 Å². The molecular formula is C18H29NO2. The first-order chi connectivity index (χ1) is 10.3. The molecule has 1 atom stereocenters. The van der Waals surface area contributed by atoms with E-state index in [9.17, 15) is 4.79 Å². The van der Waals surface area contributed by atoms with Gasteiger partial charge in [0.2, 0.25) is 0 Å². The summed E-state index contributed by atoms with van der Waals surface area (Å²) in [5, 5.41) is 3.31. The van der Waals surface area contributed by atoms with E-state index in [1.54, 1.807) is 0 Å². The smallest absolute Gasteiger partial charge is 0.327 e. The van der Waals surface area contributed by atoms with Crippen LogP contribution >= 0.6 is 0 Å². The Morgan fingerprint density at radius 3 is 2.29 bits per heavy atom. The summed E-state index contributed by atoms with van der Waals surface area (Å²) in [5.74, 6) is -0.218. The molecular weight excluding hydrogens is 262 g/mol. The van der Waals surface area contributed by atoms with Crippen LogP contribution in [0.5, 0.6) is 0 Å². The molecule has 0 amide bonds. The van der Waals surface area contributed by atoms with Crippen LogP contribution in [-0.4, -0.2) is 19.6 Å². The molecule has 0 aliphatic heterocycles. The summed E-state index contributed by atoms with van der Waals surface area (Å²) in [6, 6.07) is 9.41. The molecule has 1 rings (SSSR count). The summed E-state index contributed by atoms with van der Waals surface area (Å²) in [7, 11) is 1.44. The third kappa shape index (κ3) is 7.28. The van der Waals surface area contributed by atoms with Crippen molar-refractivity contribution in [2.45, 2.75) is 57.9 Å². The van der Waals surface area contributed by atoms with Crippen LogP contribution in [0.3, 0.4) is 0 Å². The summed E-state index contributed by atoms with van der Waals surface area (Å²) in [4.78, 5) is 11.9. The number of nitrogens with one attached hydrogen (secondary N) is 1. The van der Waals surface area contributed by atoms with Gasteiger partial charge in [0, 0.05) is 0 Å². The lowest BCUT2D eigenvalue weighted by atomic mass is 10.1. The lowest BCUT2D eigenvalue weighted by Gasteiger charge is -2.16. The molecule has 0 saturated heterocycles. The topological polar surface area (TPSA) is 38.3 Å². The van der Waals surface area contributed by atoms with Crippen LogP contribution in [0, 0.1) is 0 Å². The number of hydrogen-bond acceptors (Lipinski definition) is 3. The predicted molar refractivity (Wildman–Crippen MR) is 87.2 cm³/mol. The summed E-state index contributed by atoms with van der Waals surface area (Å²) >= 11 is 0. The molecule has 0 spiro atoms. The first-order valence-electron chi connectivity index (χ1n) is 8.15. The second-order valence-electron chi connectivity index (χ2n) is 5.44. The fourth-order valence-electron chi connectivity index (χ4n) is 2.43. The van der Waals surface area contributed by atoms with E-state index in [2.05, 4.69) is 12.2 Å². The molecule has 0 aromatic heterocycles. The van der Waals surface area contributed by atoms with Crippen LogP contribution in [0.2, 0.25) is 0 Å². The van der Waals surface area contributed by atoms with Crippen molar-refractivity contribution >= 4 is 5.97 Å². The SMILES string of the molecule is CCCCCCCCCNC(C(=O)OC)c1ccccc1. The van der Waals surface area contributed by atoms with E-state index in [0.29, 0.717) is 0 Å². The minimum atomic E-state index is -0.351. The number of carbonyl (C=O) groups is 1. The minimum absolute atomic E-state index is 0.218. The molecule has 0 aliphatic rings. The van der Waals surface area contributed by atoms with Gasteiger partial charge >= 0.3 is 5.97 Å². The molecule has 0 radical (unpaired) electrons. The maximum atomic E-state index is 11.9. The molecule has 0 aliphatic carbocycles. The van der Waals surface area contributed by atoms with Crippen molar-refractivity contribution in [3.05, 3.63) is 35.9 Å². The lowest BCUT2D eigenvalue weighted by molar-refractivity contribution is -0.143. The Kier molecular flexibility index (Phi) is 9.55. The van der Waals surface area contributed by atoms with Gasteiger partial charge in [-0.15, -0.1) is 0 Å². The third-order valence-electron chi connectivity index (χ3n) is 3.70. The van der Waals surface area contributed by atoms with Gasteiger partial charge < -0.3 is 10.1 Å². The van der Waals surface area contributed by atoms with Gasteiger partial charge in [0.05, 0.1) is 7.11 Å². The van der Waals surface area contributed by atoms with E-state index in [4.69, 9.17) is 4.74 Å². The molecule has 118 valence electrons. The van der Waals surface area contributed by atoms with Crippen molar-refractivity contribution < 1.29 is 9.53 Å². The minimum Gasteiger partial charge on any atom is -0.468 e. The maximum absolute atomic E-state index is 11.9. The average molecular weight is 291 g/mol. The quantitative estimate of drug-likeness (QED) is 0.489.